The summed E-state index contributed by atoms with van der Waals surface area (Å²) < 4.78 is 5.81. The van der Waals surface area contributed by atoms with E-state index in [4.69, 9.17) is 4.74 Å². The van der Waals surface area contributed by atoms with Crippen molar-refractivity contribution in [3.05, 3.63) is 105 Å². The van der Waals surface area contributed by atoms with Gasteiger partial charge in [0.05, 0.1) is 11.6 Å². The number of amides is 1. The summed E-state index contributed by atoms with van der Waals surface area (Å²) in [5.41, 5.74) is 6.64. The zero-order valence-electron chi connectivity index (χ0n) is 23.0. The second kappa shape index (κ2) is 9.46. The van der Waals surface area contributed by atoms with Gasteiger partial charge in [-0.25, -0.2) is 0 Å². The van der Waals surface area contributed by atoms with Crippen molar-refractivity contribution in [1.29, 1.82) is 0 Å². The minimum atomic E-state index is -0.702. The molecule has 1 amide bonds. The SMILES string of the molecule is Cc1ccc(C)c(CN2C(=O)C(=O)/C(=C(\O)c3ccc4c(c3)CC(C)O4)C2c2ccc(C(C)(C)C)cc2)c1. The van der Waals surface area contributed by atoms with Crippen LogP contribution in [0.2, 0.25) is 0 Å². The first-order valence-electron chi connectivity index (χ1n) is 13.2. The van der Waals surface area contributed by atoms with Gasteiger partial charge in [0, 0.05) is 18.5 Å². The topological polar surface area (TPSA) is 66.8 Å². The maximum absolute atomic E-state index is 13.5. The summed E-state index contributed by atoms with van der Waals surface area (Å²) in [6.45, 7) is 12.7. The molecule has 0 aromatic heterocycles. The van der Waals surface area contributed by atoms with Gasteiger partial charge in [0.25, 0.3) is 11.7 Å². The molecule has 38 heavy (non-hydrogen) atoms. The van der Waals surface area contributed by atoms with Crippen LogP contribution in [0.5, 0.6) is 5.75 Å². The van der Waals surface area contributed by atoms with Crippen LogP contribution < -0.4 is 4.74 Å². The molecule has 0 bridgehead atoms. The second-order valence-electron chi connectivity index (χ2n) is 11.7. The summed E-state index contributed by atoms with van der Waals surface area (Å²) in [5, 5.41) is 11.5. The normalized spacial score (nSPS) is 20.5. The van der Waals surface area contributed by atoms with E-state index in [9.17, 15) is 14.7 Å². The zero-order chi connectivity index (χ0) is 27.4. The quantitative estimate of drug-likeness (QED) is 0.246. The Labute approximate surface area is 224 Å². The Morgan fingerprint density at radius 2 is 1.71 bits per heavy atom. The average Bonchev–Trinajstić information content (AvgIpc) is 3.36. The van der Waals surface area contributed by atoms with Crippen molar-refractivity contribution in [2.24, 2.45) is 0 Å². The number of hydrogen-bond donors (Lipinski definition) is 1. The summed E-state index contributed by atoms with van der Waals surface area (Å²) in [4.78, 5) is 28.6. The fourth-order valence-electron chi connectivity index (χ4n) is 5.43. The third kappa shape index (κ3) is 4.62. The van der Waals surface area contributed by atoms with E-state index in [0.29, 0.717) is 5.56 Å². The molecule has 2 aliphatic heterocycles. The van der Waals surface area contributed by atoms with Gasteiger partial charge in [-0.15, -0.1) is 0 Å². The molecule has 196 valence electrons. The van der Waals surface area contributed by atoms with Crippen LogP contribution in [0.3, 0.4) is 0 Å². The van der Waals surface area contributed by atoms with E-state index in [0.717, 1.165) is 45.6 Å². The minimum Gasteiger partial charge on any atom is -0.507 e. The molecule has 5 nitrogen and oxygen atoms in total. The number of fused-ring (bicyclic) bond motifs is 1. The minimum absolute atomic E-state index is 0.0390. The van der Waals surface area contributed by atoms with Crippen molar-refractivity contribution in [2.45, 2.75) is 72.1 Å². The Balaban J connectivity index is 1.64. The smallest absolute Gasteiger partial charge is 0.295 e. The molecular weight excluding hydrogens is 474 g/mol. The molecule has 3 aromatic rings. The highest BCUT2D eigenvalue weighted by atomic mass is 16.5. The number of rotatable bonds is 4. The number of ketones is 1. The Bertz CT molecular complexity index is 1460. The summed E-state index contributed by atoms with van der Waals surface area (Å²) in [5.74, 6) is -0.629. The number of nitrogens with zero attached hydrogens (tertiary/aromatic N) is 1. The van der Waals surface area contributed by atoms with E-state index in [1.165, 1.54) is 0 Å². The van der Waals surface area contributed by atoms with Gasteiger partial charge >= 0.3 is 0 Å². The first kappa shape index (κ1) is 25.8. The molecule has 0 saturated carbocycles. The maximum atomic E-state index is 13.5. The van der Waals surface area contributed by atoms with E-state index in [2.05, 4.69) is 26.8 Å². The number of aryl methyl sites for hydroxylation is 2. The number of Topliss-reactive ketones (excluding diaryl/α,β-unsaturated/α-hetero) is 1. The first-order valence-corrected chi connectivity index (χ1v) is 13.2. The average molecular weight is 510 g/mol. The van der Waals surface area contributed by atoms with Crippen molar-refractivity contribution in [1.82, 2.24) is 4.90 Å². The molecule has 1 fully saturated rings. The molecule has 1 N–H and O–H groups in total. The molecule has 2 atom stereocenters. The second-order valence-corrected chi connectivity index (χ2v) is 11.7. The molecule has 5 rings (SSSR count). The molecule has 0 spiro atoms. The van der Waals surface area contributed by atoms with Crippen LogP contribution in [0.15, 0.2) is 66.2 Å². The largest absolute Gasteiger partial charge is 0.507 e. The molecule has 0 radical (unpaired) electrons. The van der Waals surface area contributed by atoms with Crippen LogP contribution >= 0.6 is 0 Å². The van der Waals surface area contributed by atoms with Gasteiger partial charge in [0.15, 0.2) is 0 Å². The summed E-state index contributed by atoms with van der Waals surface area (Å²) in [7, 11) is 0. The number of hydrogen-bond acceptors (Lipinski definition) is 4. The van der Waals surface area contributed by atoms with Crippen molar-refractivity contribution in [3.8, 4) is 5.75 Å². The first-order chi connectivity index (χ1) is 17.9. The third-order valence-electron chi connectivity index (χ3n) is 7.65. The zero-order valence-corrected chi connectivity index (χ0v) is 23.0. The summed E-state index contributed by atoms with van der Waals surface area (Å²) in [6.07, 6.45) is 0.793. The molecule has 3 aromatic carbocycles. The molecule has 0 aliphatic carbocycles. The van der Waals surface area contributed by atoms with E-state index in [-0.39, 0.29) is 29.4 Å². The highest BCUT2D eigenvalue weighted by Gasteiger charge is 2.46. The molecule has 2 aliphatic rings. The molecule has 5 heteroatoms. The van der Waals surface area contributed by atoms with Gasteiger partial charge < -0.3 is 14.7 Å². The molecule has 1 saturated heterocycles. The lowest BCUT2D eigenvalue weighted by Gasteiger charge is -2.27. The number of aliphatic hydroxyl groups excluding tert-OH is 1. The van der Waals surface area contributed by atoms with Crippen LogP contribution in [0.1, 0.15) is 72.7 Å². The van der Waals surface area contributed by atoms with Crippen molar-refractivity contribution in [2.75, 3.05) is 0 Å². The fourth-order valence-corrected chi connectivity index (χ4v) is 5.43. The van der Waals surface area contributed by atoms with E-state index < -0.39 is 17.7 Å². The van der Waals surface area contributed by atoms with Crippen LogP contribution in [-0.2, 0) is 28.0 Å². The number of benzene rings is 3. The van der Waals surface area contributed by atoms with Crippen molar-refractivity contribution < 1.29 is 19.4 Å². The van der Waals surface area contributed by atoms with Crippen LogP contribution in [-0.4, -0.2) is 27.8 Å². The maximum Gasteiger partial charge on any atom is 0.295 e. The van der Waals surface area contributed by atoms with Gasteiger partial charge in [-0.05, 0) is 72.2 Å². The van der Waals surface area contributed by atoms with Crippen molar-refractivity contribution in [3.63, 3.8) is 0 Å². The fraction of sp³-hybridized carbons (Fsp3) is 0.333. The van der Waals surface area contributed by atoms with Crippen LogP contribution in [0.4, 0.5) is 0 Å². The number of carbonyl (C=O) groups is 2. The molecular formula is C33H35NO4. The monoisotopic (exact) mass is 509 g/mol. The van der Waals surface area contributed by atoms with E-state index in [1.807, 2.05) is 69.3 Å². The number of ether oxygens (including phenoxy) is 1. The standard InChI is InChI=1S/C33H35NO4/c1-19-7-8-20(2)25(15-19)18-34-29(22-9-12-26(13-10-22)33(4,5)6)28(31(36)32(34)37)30(35)23-11-14-27-24(17-23)16-21(3)38-27/h7-15,17,21,29,35H,16,18H2,1-6H3/b30-28-. The Morgan fingerprint density at radius 3 is 2.39 bits per heavy atom. The Hall–Kier alpha value is -3.86. The lowest BCUT2D eigenvalue weighted by atomic mass is 9.85. The van der Waals surface area contributed by atoms with Crippen LogP contribution in [0.25, 0.3) is 5.76 Å². The summed E-state index contributed by atoms with van der Waals surface area (Å²) >= 11 is 0. The lowest BCUT2D eigenvalue weighted by molar-refractivity contribution is -0.140. The van der Waals surface area contributed by atoms with Crippen LogP contribution in [0, 0.1) is 13.8 Å². The number of aliphatic hydroxyl groups is 1. The number of likely N-dealkylation sites (tertiary alicyclic amines) is 1. The Morgan fingerprint density at radius 1 is 1.00 bits per heavy atom. The van der Waals surface area contributed by atoms with E-state index >= 15 is 0 Å². The predicted octanol–water partition coefficient (Wildman–Crippen LogP) is 6.55. The lowest BCUT2D eigenvalue weighted by Crippen LogP contribution is -2.29. The Kier molecular flexibility index (Phi) is 6.42. The molecule has 2 heterocycles. The highest BCUT2D eigenvalue weighted by molar-refractivity contribution is 6.46. The summed E-state index contributed by atoms with van der Waals surface area (Å²) in [6, 6.07) is 18.9. The van der Waals surface area contributed by atoms with Gasteiger partial charge in [-0.1, -0.05) is 68.8 Å². The van der Waals surface area contributed by atoms with Crippen molar-refractivity contribution >= 4 is 17.4 Å². The van der Waals surface area contributed by atoms with Gasteiger partial charge in [0.2, 0.25) is 0 Å². The third-order valence-corrected chi connectivity index (χ3v) is 7.65. The highest BCUT2D eigenvalue weighted by Crippen LogP contribution is 2.42. The van der Waals surface area contributed by atoms with E-state index in [1.54, 1.807) is 11.0 Å². The molecule has 2 unspecified atom stereocenters. The van der Waals surface area contributed by atoms with Gasteiger partial charge in [0.1, 0.15) is 17.6 Å². The predicted molar refractivity (Wildman–Crippen MR) is 149 cm³/mol. The van der Waals surface area contributed by atoms with Gasteiger partial charge in [-0.2, -0.15) is 0 Å². The van der Waals surface area contributed by atoms with Gasteiger partial charge in [-0.3, -0.25) is 9.59 Å². The number of carbonyl (C=O) groups excluding carboxylic acids is 2.